The Hall–Kier alpha value is -2.15. The number of methoxy groups -OCH3 is 2. The van der Waals surface area contributed by atoms with Crippen LogP contribution in [-0.2, 0) is 6.54 Å². The van der Waals surface area contributed by atoms with Crippen molar-refractivity contribution in [1.82, 2.24) is 25.1 Å². The number of likely N-dealkylation sites (tertiary alicyclic amines) is 1. The zero-order valence-corrected chi connectivity index (χ0v) is 14.2. The first-order valence-electron chi connectivity index (χ1n) is 8.53. The largest absolute Gasteiger partial charge is 0.497 e. The van der Waals surface area contributed by atoms with Crippen LogP contribution in [0.2, 0.25) is 0 Å². The molecule has 0 radical (unpaired) electrons. The molecule has 1 aliphatic heterocycles. The van der Waals surface area contributed by atoms with Gasteiger partial charge in [-0.3, -0.25) is 4.90 Å². The Bertz CT molecular complexity index is 713. The molecule has 7 heteroatoms. The van der Waals surface area contributed by atoms with Crippen LogP contribution in [-0.4, -0.2) is 45.9 Å². The van der Waals surface area contributed by atoms with E-state index < -0.39 is 0 Å². The number of nitrogens with zero attached hydrogens (tertiary/aromatic N) is 5. The topological polar surface area (TPSA) is 65.3 Å². The predicted molar refractivity (Wildman–Crippen MR) is 88.0 cm³/mol. The summed E-state index contributed by atoms with van der Waals surface area (Å²) < 4.78 is 13.0. The molecule has 2 aromatic rings. The van der Waals surface area contributed by atoms with E-state index in [0.717, 1.165) is 43.3 Å². The Kier molecular flexibility index (Phi) is 4.10. The van der Waals surface area contributed by atoms with E-state index in [9.17, 15) is 0 Å². The molecule has 128 valence electrons. The van der Waals surface area contributed by atoms with Crippen LogP contribution in [0.3, 0.4) is 0 Å². The maximum atomic E-state index is 5.58. The minimum atomic E-state index is 0.305. The van der Waals surface area contributed by atoms with Gasteiger partial charge < -0.3 is 9.47 Å². The second-order valence-corrected chi connectivity index (χ2v) is 6.51. The minimum Gasteiger partial charge on any atom is -0.497 e. The average molecular weight is 329 g/mol. The van der Waals surface area contributed by atoms with E-state index in [1.165, 1.54) is 18.4 Å². The van der Waals surface area contributed by atoms with E-state index in [-0.39, 0.29) is 0 Å². The summed E-state index contributed by atoms with van der Waals surface area (Å²) in [6.07, 6.45) is 4.64. The van der Waals surface area contributed by atoms with Crippen molar-refractivity contribution < 1.29 is 9.47 Å². The van der Waals surface area contributed by atoms with Gasteiger partial charge in [0.2, 0.25) is 0 Å². The first kappa shape index (κ1) is 15.4. The van der Waals surface area contributed by atoms with Crippen molar-refractivity contribution in [3.05, 3.63) is 29.6 Å². The second kappa shape index (κ2) is 6.39. The fourth-order valence-corrected chi connectivity index (χ4v) is 3.57. The van der Waals surface area contributed by atoms with E-state index in [4.69, 9.17) is 9.47 Å². The van der Waals surface area contributed by atoms with Gasteiger partial charge in [0, 0.05) is 11.6 Å². The highest BCUT2D eigenvalue weighted by atomic mass is 16.5. The molecule has 2 heterocycles. The first-order chi connectivity index (χ1) is 11.8. The Morgan fingerprint density at radius 1 is 1.17 bits per heavy atom. The zero-order valence-electron chi connectivity index (χ0n) is 14.2. The number of hydrogen-bond donors (Lipinski definition) is 0. The molecular formula is C17H23N5O2. The maximum absolute atomic E-state index is 5.58. The molecule has 24 heavy (non-hydrogen) atoms. The van der Waals surface area contributed by atoms with Gasteiger partial charge in [0.15, 0.2) is 5.82 Å². The lowest BCUT2D eigenvalue weighted by atomic mass is 10.0. The molecule has 1 atom stereocenters. The van der Waals surface area contributed by atoms with Gasteiger partial charge in [0.05, 0.1) is 26.8 Å². The van der Waals surface area contributed by atoms with Crippen molar-refractivity contribution in [2.24, 2.45) is 0 Å². The number of hydrogen-bond acceptors (Lipinski definition) is 6. The Morgan fingerprint density at radius 2 is 2.04 bits per heavy atom. The SMILES string of the molecule is COc1ccc(OC)c(C2CCCN2Cc2nnnn2C2CC2)c1. The standard InChI is InChI=1S/C17H23N5O2/c1-23-13-7-8-16(24-2)14(10-13)15-4-3-9-21(15)11-17-18-19-20-22(17)12-5-6-12/h7-8,10,12,15H,3-6,9,11H2,1-2H3. The molecule has 1 unspecified atom stereocenters. The lowest BCUT2D eigenvalue weighted by molar-refractivity contribution is 0.232. The summed E-state index contributed by atoms with van der Waals surface area (Å²) in [5.41, 5.74) is 1.18. The molecule has 1 aliphatic carbocycles. The third kappa shape index (κ3) is 2.84. The highest BCUT2D eigenvalue weighted by molar-refractivity contribution is 5.42. The summed E-state index contributed by atoms with van der Waals surface area (Å²) in [5, 5.41) is 12.3. The van der Waals surface area contributed by atoms with Crippen molar-refractivity contribution in [1.29, 1.82) is 0 Å². The molecule has 0 amide bonds. The summed E-state index contributed by atoms with van der Waals surface area (Å²) in [7, 11) is 3.42. The molecular weight excluding hydrogens is 306 g/mol. The Morgan fingerprint density at radius 3 is 2.79 bits per heavy atom. The molecule has 0 bridgehead atoms. The van der Waals surface area contributed by atoms with E-state index in [1.807, 2.05) is 16.8 Å². The summed E-state index contributed by atoms with van der Waals surface area (Å²) in [4.78, 5) is 2.45. The smallest absolute Gasteiger partial charge is 0.165 e. The van der Waals surface area contributed by atoms with Gasteiger partial charge in [-0.2, -0.15) is 0 Å². The molecule has 1 saturated carbocycles. The lowest BCUT2D eigenvalue weighted by Crippen LogP contribution is -2.25. The summed E-state index contributed by atoms with van der Waals surface area (Å²) >= 11 is 0. The van der Waals surface area contributed by atoms with Crippen LogP contribution in [0.5, 0.6) is 11.5 Å². The van der Waals surface area contributed by atoms with Crippen LogP contribution < -0.4 is 9.47 Å². The summed E-state index contributed by atoms with van der Waals surface area (Å²) in [6.45, 7) is 1.82. The van der Waals surface area contributed by atoms with Crippen LogP contribution in [0, 0.1) is 0 Å². The minimum absolute atomic E-state index is 0.305. The molecule has 4 rings (SSSR count). The molecule has 1 aromatic carbocycles. The van der Waals surface area contributed by atoms with E-state index in [1.54, 1.807) is 14.2 Å². The highest BCUT2D eigenvalue weighted by Crippen LogP contribution is 2.40. The fraction of sp³-hybridized carbons (Fsp3) is 0.588. The van der Waals surface area contributed by atoms with Crippen LogP contribution in [0.4, 0.5) is 0 Å². The first-order valence-corrected chi connectivity index (χ1v) is 8.53. The molecule has 0 spiro atoms. The van der Waals surface area contributed by atoms with Crippen molar-refractivity contribution >= 4 is 0 Å². The third-order valence-corrected chi connectivity index (χ3v) is 4.96. The van der Waals surface area contributed by atoms with Crippen LogP contribution >= 0.6 is 0 Å². The zero-order chi connectivity index (χ0) is 16.5. The van der Waals surface area contributed by atoms with Crippen LogP contribution in [0.1, 0.15) is 49.2 Å². The molecule has 7 nitrogen and oxygen atoms in total. The van der Waals surface area contributed by atoms with Crippen molar-refractivity contribution in [2.75, 3.05) is 20.8 Å². The predicted octanol–water partition coefficient (Wildman–Crippen LogP) is 2.36. The quantitative estimate of drug-likeness (QED) is 0.810. The van der Waals surface area contributed by atoms with Gasteiger partial charge >= 0.3 is 0 Å². The molecule has 1 aromatic heterocycles. The molecule has 0 N–H and O–H groups in total. The second-order valence-electron chi connectivity index (χ2n) is 6.51. The van der Waals surface area contributed by atoms with Gasteiger partial charge in [-0.05, 0) is 60.9 Å². The Balaban J connectivity index is 1.59. The van der Waals surface area contributed by atoms with Crippen molar-refractivity contribution in [3.8, 4) is 11.5 Å². The van der Waals surface area contributed by atoms with Gasteiger partial charge in [0.25, 0.3) is 0 Å². The number of benzene rings is 1. The summed E-state index contributed by atoms with van der Waals surface area (Å²) in [6, 6.07) is 6.82. The number of tetrazole rings is 1. The van der Waals surface area contributed by atoms with E-state index in [2.05, 4.69) is 26.5 Å². The number of rotatable bonds is 6. The average Bonchev–Trinajstić information content (AvgIpc) is 3.18. The van der Waals surface area contributed by atoms with Gasteiger partial charge in [0.1, 0.15) is 11.5 Å². The molecule has 1 saturated heterocycles. The van der Waals surface area contributed by atoms with Gasteiger partial charge in [-0.25, -0.2) is 4.68 Å². The summed E-state index contributed by atoms with van der Waals surface area (Å²) in [5.74, 6) is 2.74. The van der Waals surface area contributed by atoms with Gasteiger partial charge in [-0.1, -0.05) is 0 Å². The third-order valence-electron chi connectivity index (χ3n) is 4.96. The Labute approximate surface area is 141 Å². The van der Waals surface area contributed by atoms with Crippen LogP contribution in [0.25, 0.3) is 0 Å². The lowest BCUT2D eigenvalue weighted by Gasteiger charge is -2.26. The van der Waals surface area contributed by atoms with Crippen LogP contribution in [0.15, 0.2) is 18.2 Å². The highest BCUT2D eigenvalue weighted by Gasteiger charge is 2.32. The number of ether oxygens (including phenoxy) is 2. The molecule has 2 aliphatic rings. The monoisotopic (exact) mass is 329 g/mol. The van der Waals surface area contributed by atoms with Gasteiger partial charge in [-0.15, -0.1) is 5.10 Å². The van der Waals surface area contributed by atoms with E-state index in [0.29, 0.717) is 12.1 Å². The maximum Gasteiger partial charge on any atom is 0.165 e. The fourth-order valence-electron chi connectivity index (χ4n) is 3.57. The molecule has 2 fully saturated rings. The van der Waals surface area contributed by atoms with E-state index >= 15 is 0 Å². The van der Waals surface area contributed by atoms with Crippen molar-refractivity contribution in [2.45, 2.75) is 44.3 Å². The number of aromatic nitrogens is 4. The normalized spacial score (nSPS) is 21.2. The van der Waals surface area contributed by atoms with Crippen molar-refractivity contribution in [3.63, 3.8) is 0 Å².